The summed E-state index contributed by atoms with van der Waals surface area (Å²) in [5, 5.41) is 20.7. The van der Waals surface area contributed by atoms with Crippen LogP contribution in [0.2, 0.25) is 0 Å². The van der Waals surface area contributed by atoms with Crippen LogP contribution in [0.15, 0.2) is 12.3 Å². The molecule has 0 aliphatic carbocycles. The minimum atomic E-state index is 0.00222. The average molecular weight is 234 g/mol. The molecule has 1 atom stereocenters. The molecule has 0 aromatic carbocycles. The molecule has 5 heteroatoms. The van der Waals surface area contributed by atoms with Crippen LogP contribution in [0.5, 0.6) is 0 Å². The molecule has 2 heterocycles. The Kier molecular flexibility index (Phi) is 3.28. The molecule has 0 aliphatic rings. The van der Waals surface area contributed by atoms with Gasteiger partial charge in [-0.1, -0.05) is 13.8 Å². The second-order valence-corrected chi connectivity index (χ2v) is 4.57. The first-order valence-corrected chi connectivity index (χ1v) is 5.80. The molecule has 17 heavy (non-hydrogen) atoms. The lowest BCUT2D eigenvalue weighted by Crippen LogP contribution is -2.29. The molecule has 2 aromatic heterocycles. The van der Waals surface area contributed by atoms with E-state index >= 15 is 0 Å². The molecular formula is C12H18N4O. The van der Waals surface area contributed by atoms with E-state index in [0.717, 1.165) is 22.4 Å². The van der Waals surface area contributed by atoms with Gasteiger partial charge in [0.1, 0.15) is 5.82 Å². The summed E-state index contributed by atoms with van der Waals surface area (Å²) in [5.41, 5.74) is 1.87. The van der Waals surface area contributed by atoms with E-state index in [0.29, 0.717) is 5.92 Å². The highest BCUT2D eigenvalue weighted by Gasteiger charge is 2.15. The maximum absolute atomic E-state index is 9.34. The number of H-pyrrole nitrogens is 1. The number of hydrogen-bond acceptors (Lipinski definition) is 4. The molecule has 5 nitrogen and oxygen atoms in total. The predicted octanol–water partition coefficient (Wildman–Crippen LogP) is 1.70. The summed E-state index contributed by atoms with van der Waals surface area (Å²) >= 11 is 0. The van der Waals surface area contributed by atoms with E-state index in [-0.39, 0.29) is 12.6 Å². The number of fused-ring (bicyclic) bond motifs is 1. The molecule has 92 valence electrons. The average Bonchev–Trinajstić information content (AvgIpc) is 2.68. The third-order valence-corrected chi connectivity index (χ3v) is 2.98. The summed E-state index contributed by atoms with van der Waals surface area (Å²) in [6.45, 7) is 6.16. The molecule has 0 fully saturated rings. The van der Waals surface area contributed by atoms with Crippen LogP contribution in [-0.2, 0) is 0 Å². The summed E-state index contributed by atoms with van der Waals surface area (Å²) < 4.78 is 0. The van der Waals surface area contributed by atoms with E-state index in [4.69, 9.17) is 0 Å². The highest BCUT2D eigenvalue weighted by molar-refractivity contribution is 5.91. The fraction of sp³-hybridized carbons (Fsp3) is 0.500. The molecule has 0 spiro atoms. The van der Waals surface area contributed by atoms with Gasteiger partial charge in [0, 0.05) is 6.20 Å². The number of nitrogens with one attached hydrogen (secondary N) is 2. The Morgan fingerprint density at radius 2 is 2.24 bits per heavy atom. The lowest BCUT2D eigenvalue weighted by Gasteiger charge is -2.20. The fourth-order valence-corrected chi connectivity index (χ4v) is 1.83. The summed E-state index contributed by atoms with van der Waals surface area (Å²) in [5.74, 6) is 1.12. The Balaban J connectivity index is 2.38. The number of aliphatic hydroxyl groups is 1. The second kappa shape index (κ2) is 4.71. The van der Waals surface area contributed by atoms with Crippen LogP contribution < -0.4 is 5.32 Å². The number of anilines is 1. The normalized spacial score (nSPS) is 13.2. The molecule has 2 rings (SSSR count). The molecule has 0 amide bonds. The van der Waals surface area contributed by atoms with E-state index in [1.807, 2.05) is 13.0 Å². The number of nitrogens with zero attached hydrogens (tertiary/aromatic N) is 2. The van der Waals surface area contributed by atoms with Crippen LogP contribution in [0, 0.1) is 12.8 Å². The molecule has 0 unspecified atom stereocenters. The lowest BCUT2D eigenvalue weighted by atomic mass is 10.1. The Bertz CT molecular complexity index is 506. The Hall–Kier alpha value is -1.62. The SMILES string of the molecule is Cc1n[nH]c2ccnc(N[C@H](CO)C(C)C)c12. The number of rotatable bonds is 4. The van der Waals surface area contributed by atoms with Gasteiger partial charge in [-0.3, -0.25) is 5.10 Å². The van der Waals surface area contributed by atoms with Gasteiger partial charge in [-0.15, -0.1) is 0 Å². The highest BCUT2D eigenvalue weighted by atomic mass is 16.3. The van der Waals surface area contributed by atoms with Crippen LogP contribution in [0.3, 0.4) is 0 Å². The van der Waals surface area contributed by atoms with E-state index in [9.17, 15) is 5.11 Å². The van der Waals surface area contributed by atoms with Crippen molar-refractivity contribution in [3.63, 3.8) is 0 Å². The molecule has 3 N–H and O–H groups in total. The van der Waals surface area contributed by atoms with E-state index in [2.05, 4.69) is 34.3 Å². The first-order chi connectivity index (χ1) is 8.13. The number of aryl methyl sites for hydroxylation is 1. The number of aromatic nitrogens is 3. The number of pyridine rings is 1. The van der Waals surface area contributed by atoms with Gasteiger partial charge in [-0.2, -0.15) is 5.10 Å². The molecule has 2 aromatic rings. The predicted molar refractivity (Wildman–Crippen MR) is 68.0 cm³/mol. The zero-order valence-corrected chi connectivity index (χ0v) is 10.4. The zero-order valence-electron chi connectivity index (χ0n) is 10.4. The van der Waals surface area contributed by atoms with Crippen LogP contribution in [-0.4, -0.2) is 32.9 Å². The van der Waals surface area contributed by atoms with E-state index in [1.165, 1.54) is 0 Å². The van der Waals surface area contributed by atoms with Gasteiger partial charge < -0.3 is 10.4 Å². The van der Waals surface area contributed by atoms with Crippen molar-refractivity contribution >= 4 is 16.7 Å². The number of hydrogen-bond donors (Lipinski definition) is 3. The minimum Gasteiger partial charge on any atom is -0.394 e. The highest BCUT2D eigenvalue weighted by Crippen LogP contribution is 2.23. The fourth-order valence-electron chi connectivity index (χ4n) is 1.83. The maximum Gasteiger partial charge on any atom is 0.137 e. The maximum atomic E-state index is 9.34. The largest absolute Gasteiger partial charge is 0.394 e. The van der Waals surface area contributed by atoms with Gasteiger partial charge in [0.05, 0.1) is 29.2 Å². The van der Waals surface area contributed by atoms with Crippen LogP contribution in [0.1, 0.15) is 19.5 Å². The first-order valence-electron chi connectivity index (χ1n) is 5.80. The minimum absolute atomic E-state index is 0.00222. The van der Waals surface area contributed by atoms with E-state index in [1.54, 1.807) is 6.20 Å². The van der Waals surface area contributed by atoms with Crippen molar-refractivity contribution in [2.24, 2.45) is 5.92 Å². The second-order valence-electron chi connectivity index (χ2n) is 4.57. The first kappa shape index (κ1) is 11.9. The number of aliphatic hydroxyl groups excluding tert-OH is 1. The van der Waals surface area contributed by atoms with Crippen LogP contribution in [0.4, 0.5) is 5.82 Å². The Morgan fingerprint density at radius 3 is 2.88 bits per heavy atom. The molecule has 0 radical (unpaired) electrons. The van der Waals surface area contributed by atoms with Gasteiger partial charge in [-0.25, -0.2) is 4.98 Å². The standard InChI is InChI=1S/C12H18N4O/c1-7(2)10(6-17)14-12-11-8(3)15-16-9(11)4-5-13-12/h4-5,7,10,17H,6H2,1-3H3,(H,13,14)(H,15,16)/t10-/m1/s1. The monoisotopic (exact) mass is 234 g/mol. The zero-order chi connectivity index (χ0) is 12.4. The Morgan fingerprint density at radius 1 is 1.47 bits per heavy atom. The van der Waals surface area contributed by atoms with Crippen molar-refractivity contribution in [2.45, 2.75) is 26.8 Å². The summed E-state index contributed by atoms with van der Waals surface area (Å²) in [4.78, 5) is 4.33. The Labute approximate surface area is 100 Å². The van der Waals surface area contributed by atoms with Gasteiger partial charge >= 0.3 is 0 Å². The smallest absolute Gasteiger partial charge is 0.137 e. The molecule has 0 saturated carbocycles. The van der Waals surface area contributed by atoms with Crippen molar-refractivity contribution in [1.29, 1.82) is 0 Å². The van der Waals surface area contributed by atoms with Crippen molar-refractivity contribution in [3.8, 4) is 0 Å². The van der Waals surface area contributed by atoms with E-state index < -0.39 is 0 Å². The topological polar surface area (TPSA) is 73.8 Å². The number of aromatic amines is 1. The van der Waals surface area contributed by atoms with Crippen molar-refractivity contribution in [2.75, 3.05) is 11.9 Å². The van der Waals surface area contributed by atoms with Crippen LogP contribution in [0.25, 0.3) is 10.9 Å². The van der Waals surface area contributed by atoms with Gasteiger partial charge in [0.15, 0.2) is 0 Å². The van der Waals surface area contributed by atoms with Crippen molar-refractivity contribution in [3.05, 3.63) is 18.0 Å². The summed E-state index contributed by atoms with van der Waals surface area (Å²) in [6, 6.07) is 1.89. The lowest BCUT2D eigenvalue weighted by molar-refractivity contribution is 0.249. The van der Waals surface area contributed by atoms with Gasteiger partial charge in [-0.05, 0) is 18.9 Å². The van der Waals surface area contributed by atoms with Crippen molar-refractivity contribution < 1.29 is 5.11 Å². The quantitative estimate of drug-likeness (QED) is 0.752. The molecule has 0 saturated heterocycles. The molecule has 0 aliphatic heterocycles. The molecular weight excluding hydrogens is 216 g/mol. The van der Waals surface area contributed by atoms with Gasteiger partial charge in [0.2, 0.25) is 0 Å². The summed E-state index contributed by atoms with van der Waals surface area (Å²) in [6.07, 6.45) is 1.73. The third-order valence-electron chi connectivity index (χ3n) is 2.98. The summed E-state index contributed by atoms with van der Waals surface area (Å²) in [7, 11) is 0. The van der Waals surface area contributed by atoms with Gasteiger partial charge in [0.25, 0.3) is 0 Å². The van der Waals surface area contributed by atoms with Crippen molar-refractivity contribution in [1.82, 2.24) is 15.2 Å². The molecule has 0 bridgehead atoms. The van der Waals surface area contributed by atoms with Crippen LogP contribution >= 0.6 is 0 Å². The third kappa shape index (κ3) is 2.24.